The van der Waals surface area contributed by atoms with Gasteiger partial charge in [-0.05, 0) is 53.0 Å². The molecule has 0 atom stereocenters. The lowest BCUT2D eigenvalue weighted by Crippen LogP contribution is -2.30. The molecule has 4 nitrogen and oxygen atoms in total. The van der Waals surface area contributed by atoms with Crippen molar-refractivity contribution in [1.29, 1.82) is 0 Å². The Kier molecular flexibility index (Phi) is 40.3. The Balaban J connectivity index is 3.92. The van der Waals surface area contributed by atoms with Crippen LogP contribution >= 0.6 is 0 Å². The van der Waals surface area contributed by atoms with Gasteiger partial charge in [0.15, 0.2) is 0 Å². The van der Waals surface area contributed by atoms with Gasteiger partial charge in [-0.2, -0.15) is 0 Å². The van der Waals surface area contributed by atoms with Crippen LogP contribution in [-0.2, 0) is 9.53 Å². The molecule has 0 saturated carbocycles. The zero-order chi connectivity index (χ0) is 35.0. The van der Waals surface area contributed by atoms with Crippen molar-refractivity contribution in [1.82, 2.24) is 9.80 Å². The Morgan fingerprint density at radius 3 is 0.958 bits per heavy atom. The molecular weight excluding hydrogens is 588 g/mol. The number of hydrogen-bond acceptors (Lipinski definition) is 4. The van der Waals surface area contributed by atoms with E-state index >= 15 is 0 Å². The molecule has 0 N–H and O–H groups in total. The smallest absolute Gasteiger partial charge is 0.305 e. The summed E-state index contributed by atoms with van der Waals surface area (Å²) in [6, 6.07) is 0. The van der Waals surface area contributed by atoms with E-state index in [1.165, 1.54) is 205 Å². The van der Waals surface area contributed by atoms with Crippen LogP contribution in [0.4, 0.5) is 0 Å². The Morgan fingerprint density at radius 2 is 0.667 bits per heavy atom. The maximum Gasteiger partial charge on any atom is 0.305 e. The third-order valence-corrected chi connectivity index (χ3v) is 10.3. The number of carbonyl (C=O) groups excluding carboxylic acids is 1. The van der Waals surface area contributed by atoms with Crippen LogP contribution in [0.15, 0.2) is 0 Å². The van der Waals surface area contributed by atoms with E-state index in [4.69, 9.17) is 4.74 Å². The molecule has 0 unspecified atom stereocenters. The standard InChI is InChI=1S/C44H90N2O2/c1-5-7-9-11-13-15-17-19-21-23-25-27-29-31-33-35-40-46(42-43-48-44(47)38-37-39-45(3)4)41-36-34-32-30-28-26-24-22-20-18-16-14-12-10-8-6-2/h5-43H2,1-4H3. The highest BCUT2D eigenvalue weighted by Gasteiger charge is 2.08. The lowest BCUT2D eigenvalue weighted by molar-refractivity contribution is -0.144. The third-order valence-electron chi connectivity index (χ3n) is 10.3. The molecule has 288 valence electrons. The van der Waals surface area contributed by atoms with Crippen molar-refractivity contribution in [2.24, 2.45) is 0 Å². The first-order valence-electron chi connectivity index (χ1n) is 22.1. The molecule has 0 spiro atoms. The zero-order valence-electron chi connectivity index (χ0n) is 33.8. The van der Waals surface area contributed by atoms with Crippen molar-refractivity contribution in [3.63, 3.8) is 0 Å². The van der Waals surface area contributed by atoms with Crippen LogP contribution in [0.2, 0.25) is 0 Å². The van der Waals surface area contributed by atoms with E-state index in [1.54, 1.807) is 0 Å². The summed E-state index contributed by atoms with van der Waals surface area (Å²) >= 11 is 0. The quantitative estimate of drug-likeness (QED) is 0.0476. The Labute approximate surface area is 303 Å². The molecule has 0 radical (unpaired) electrons. The van der Waals surface area contributed by atoms with Crippen LogP contribution in [0.25, 0.3) is 0 Å². The molecule has 0 fully saturated rings. The van der Waals surface area contributed by atoms with Gasteiger partial charge in [-0.25, -0.2) is 0 Å². The van der Waals surface area contributed by atoms with Crippen molar-refractivity contribution in [3.8, 4) is 0 Å². The summed E-state index contributed by atoms with van der Waals surface area (Å²) in [5.74, 6) is -0.0263. The summed E-state index contributed by atoms with van der Waals surface area (Å²) in [7, 11) is 4.11. The SMILES string of the molecule is CCCCCCCCCCCCCCCCCCN(CCCCCCCCCCCCCCCCCC)CCOC(=O)CCCN(C)C. The maximum absolute atomic E-state index is 12.2. The summed E-state index contributed by atoms with van der Waals surface area (Å²) in [6.07, 6.45) is 46.7. The van der Waals surface area contributed by atoms with E-state index in [0.29, 0.717) is 13.0 Å². The molecule has 48 heavy (non-hydrogen) atoms. The second kappa shape index (κ2) is 40.8. The second-order valence-corrected chi connectivity index (χ2v) is 15.6. The number of unbranched alkanes of at least 4 members (excludes halogenated alkanes) is 30. The van der Waals surface area contributed by atoms with E-state index in [1.807, 2.05) is 0 Å². The molecule has 0 aliphatic carbocycles. The summed E-state index contributed by atoms with van der Waals surface area (Å²) in [5, 5.41) is 0. The molecule has 0 amide bonds. The van der Waals surface area contributed by atoms with Crippen LogP contribution in [0.3, 0.4) is 0 Å². The Bertz CT molecular complexity index is 575. The van der Waals surface area contributed by atoms with Gasteiger partial charge < -0.3 is 9.64 Å². The molecule has 4 heteroatoms. The monoisotopic (exact) mass is 679 g/mol. The van der Waals surface area contributed by atoms with Crippen LogP contribution in [0.5, 0.6) is 0 Å². The van der Waals surface area contributed by atoms with E-state index in [2.05, 4.69) is 37.7 Å². The van der Waals surface area contributed by atoms with Gasteiger partial charge in [0, 0.05) is 13.0 Å². The van der Waals surface area contributed by atoms with E-state index in [0.717, 1.165) is 32.6 Å². The molecule has 0 heterocycles. The van der Waals surface area contributed by atoms with Gasteiger partial charge in [-0.3, -0.25) is 9.69 Å². The average molecular weight is 679 g/mol. The molecule has 0 aliphatic rings. The maximum atomic E-state index is 12.2. The largest absolute Gasteiger partial charge is 0.464 e. The summed E-state index contributed by atoms with van der Waals surface area (Å²) in [5.41, 5.74) is 0. The van der Waals surface area contributed by atoms with Gasteiger partial charge in [0.2, 0.25) is 0 Å². The Morgan fingerprint density at radius 1 is 0.375 bits per heavy atom. The fraction of sp³-hybridized carbons (Fsp3) is 0.977. The second-order valence-electron chi connectivity index (χ2n) is 15.6. The Hall–Kier alpha value is -0.610. The first kappa shape index (κ1) is 47.4. The topological polar surface area (TPSA) is 32.8 Å². The average Bonchev–Trinajstić information content (AvgIpc) is 3.07. The normalized spacial score (nSPS) is 11.7. The minimum absolute atomic E-state index is 0.0263. The number of carbonyl (C=O) groups is 1. The van der Waals surface area contributed by atoms with Crippen molar-refractivity contribution in [2.45, 2.75) is 232 Å². The lowest BCUT2D eigenvalue weighted by Gasteiger charge is -2.22. The highest BCUT2D eigenvalue weighted by Crippen LogP contribution is 2.16. The van der Waals surface area contributed by atoms with Crippen molar-refractivity contribution in [3.05, 3.63) is 0 Å². The number of hydrogen-bond donors (Lipinski definition) is 0. The van der Waals surface area contributed by atoms with Gasteiger partial charge in [0.25, 0.3) is 0 Å². The number of rotatable bonds is 41. The highest BCUT2D eigenvalue weighted by atomic mass is 16.5. The molecule has 0 aliphatic heterocycles. The number of nitrogens with zero attached hydrogens (tertiary/aromatic N) is 2. The zero-order valence-corrected chi connectivity index (χ0v) is 33.8. The molecule has 0 aromatic carbocycles. The molecular formula is C44H90N2O2. The number of ether oxygens (including phenoxy) is 1. The molecule has 0 rings (SSSR count). The van der Waals surface area contributed by atoms with Crippen molar-refractivity contribution in [2.75, 3.05) is 46.9 Å². The van der Waals surface area contributed by atoms with Crippen molar-refractivity contribution >= 4 is 5.97 Å². The molecule has 0 aromatic rings. The van der Waals surface area contributed by atoms with E-state index in [9.17, 15) is 4.79 Å². The first-order valence-corrected chi connectivity index (χ1v) is 22.1. The van der Waals surface area contributed by atoms with Crippen molar-refractivity contribution < 1.29 is 9.53 Å². The fourth-order valence-electron chi connectivity index (χ4n) is 7.00. The third kappa shape index (κ3) is 39.8. The summed E-state index contributed by atoms with van der Waals surface area (Å²) in [6.45, 7) is 9.32. The van der Waals surface area contributed by atoms with Gasteiger partial charge in [-0.15, -0.1) is 0 Å². The summed E-state index contributed by atoms with van der Waals surface area (Å²) in [4.78, 5) is 16.9. The van der Waals surface area contributed by atoms with Gasteiger partial charge >= 0.3 is 5.97 Å². The van der Waals surface area contributed by atoms with Gasteiger partial charge in [-0.1, -0.05) is 206 Å². The van der Waals surface area contributed by atoms with Gasteiger partial charge in [0.1, 0.15) is 6.61 Å². The summed E-state index contributed by atoms with van der Waals surface area (Å²) < 4.78 is 5.62. The van der Waals surface area contributed by atoms with Crippen LogP contribution < -0.4 is 0 Å². The molecule has 0 saturated heterocycles. The van der Waals surface area contributed by atoms with Gasteiger partial charge in [0.05, 0.1) is 0 Å². The van der Waals surface area contributed by atoms with Crippen LogP contribution in [0.1, 0.15) is 232 Å². The lowest BCUT2D eigenvalue weighted by atomic mass is 10.0. The predicted molar refractivity (Wildman–Crippen MR) is 214 cm³/mol. The fourth-order valence-corrected chi connectivity index (χ4v) is 7.00. The minimum Gasteiger partial charge on any atom is -0.464 e. The molecule has 0 aromatic heterocycles. The first-order chi connectivity index (χ1) is 23.6. The van der Waals surface area contributed by atoms with Crippen LogP contribution in [0, 0.1) is 0 Å². The van der Waals surface area contributed by atoms with E-state index in [-0.39, 0.29) is 5.97 Å². The highest BCUT2D eigenvalue weighted by molar-refractivity contribution is 5.69. The van der Waals surface area contributed by atoms with Crippen LogP contribution in [-0.4, -0.2) is 62.7 Å². The minimum atomic E-state index is -0.0263. The number of esters is 1. The van der Waals surface area contributed by atoms with E-state index < -0.39 is 0 Å². The predicted octanol–water partition coefficient (Wildman–Crippen LogP) is 13.7. The molecule has 0 bridgehead atoms.